The first-order valence-electron chi connectivity index (χ1n) is 12.6. The highest BCUT2D eigenvalue weighted by atomic mass is 19.1. The smallest absolute Gasteiger partial charge is 0.261 e. The van der Waals surface area contributed by atoms with Gasteiger partial charge in [-0.05, 0) is 67.1 Å². The van der Waals surface area contributed by atoms with Gasteiger partial charge >= 0.3 is 0 Å². The average molecular weight is 551 g/mol. The third-order valence-electron chi connectivity index (χ3n) is 6.44. The number of carbonyl (C=O) groups excluding carboxylic acids is 1. The summed E-state index contributed by atoms with van der Waals surface area (Å²) in [4.78, 5) is 21.8. The number of aryl methyl sites for hydroxylation is 1. The molecule has 2 N–H and O–H groups in total. The molecule has 41 heavy (non-hydrogen) atoms. The van der Waals surface area contributed by atoms with Crippen LogP contribution in [0.4, 0.5) is 30.5 Å². The minimum Gasteiger partial charge on any atom is -0.324 e. The second-order valence-electron chi connectivity index (χ2n) is 9.24. The third-order valence-corrected chi connectivity index (χ3v) is 6.44. The van der Waals surface area contributed by atoms with Crippen LogP contribution in [0.15, 0.2) is 97.3 Å². The average Bonchev–Trinajstić information content (AvgIpc) is 3.35. The van der Waals surface area contributed by atoms with E-state index in [9.17, 15) is 18.0 Å². The van der Waals surface area contributed by atoms with Crippen LogP contribution in [-0.2, 0) is 0 Å². The van der Waals surface area contributed by atoms with E-state index in [4.69, 9.17) is 5.10 Å². The first-order valence-corrected chi connectivity index (χ1v) is 12.6. The number of aromatic nitrogens is 4. The Morgan fingerprint density at radius 2 is 1.71 bits per heavy atom. The number of anilines is 3. The second-order valence-corrected chi connectivity index (χ2v) is 9.24. The van der Waals surface area contributed by atoms with E-state index in [1.54, 1.807) is 53.3 Å². The number of hydrogen-bond acceptors (Lipinski definition) is 5. The van der Waals surface area contributed by atoms with Gasteiger partial charge in [-0.15, -0.1) is 0 Å². The van der Waals surface area contributed by atoms with Gasteiger partial charge in [0.1, 0.15) is 28.7 Å². The molecule has 0 atom stereocenters. The van der Waals surface area contributed by atoms with Gasteiger partial charge in [-0.1, -0.05) is 30.3 Å². The van der Waals surface area contributed by atoms with Gasteiger partial charge in [0.05, 0.1) is 16.8 Å². The molecule has 0 aliphatic heterocycles. The van der Waals surface area contributed by atoms with Crippen LogP contribution in [0.2, 0.25) is 0 Å². The molecule has 0 aliphatic rings. The topological polar surface area (TPSA) is 84.2 Å². The van der Waals surface area contributed by atoms with Crippen molar-refractivity contribution < 1.29 is 18.0 Å². The molecule has 0 saturated carbocycles. The van der Waals surface area contributed by atoms with E-state index in [1.165, 1.54) is 25.1 Å². The van der Waals surface area contributed by atoms with Gasteiger partial charge in [0, 0.05) is 29.3 Å². The molecule has 0 spiro atoms. The van der Waals surface area contributed by atoms with E-state index in [0.717, 1.165) is 11.6 Å². The summed E-state index contributed by atoms with van der Waals surface area (Å²) in [5, 5.41) is 10.4. The molecule has 0 unspecified atom stereocenters. The van der Waals surface area contributed by atoms with Gasteiger partial charge in [-0.25, -0.2) is 27.7 Å². The number of pyridine rings is 1. The Bertz CT molecular complexity index is 1940. The summed E-state index contributed by atoms with van der Waals surface area (Å²) < 4.78 is 44.3. The van der Waals surface area contributed by atoms with Gasteiger partial charge in [-0.3, -0.25) is 4.79 Å². The molecule has 3 aromatic heterocycles. The number of hydrogen-bond donors (Lipinski definition) is 2. The zero-order chi connectivity index (χ0) is 28.5. The van der Waals surface area contributed by atoms with Crippen molar-refractivity contribution in [2.75, 3.05) is 10.6 Å². The number of fused-ring (bicyclic) bond motifs is 1. The van der Waals surface area contributed by atoms with Crippen molar-refractivity contribution in [1.82, 2.24) is 19.6 Å². The van der Waals surface area contributed by atoms with E-state index in [-0.39, 0.29) is 11.5 Å². The van der Waals surface area contributed by atoms with Crippen molar-refractivity contribution in [1.29, 1.82) is 0 Å². The fourth-order valence-electron chi connectivity index (χ4n) is 4.51. The van der Waals surface area contributed by atoms with E-state index in [2.05, 4.69) is 20.6 Å². The van der Waals surface area contributed by atoms with Gasteiger partial charge < -0.3 is 10.6 Å². The molecule has 6 aromatic rings. The molecule has 0 bridgehead atoms. The van der Waals surface area contributed by atoms with Crippen LogP contribution in [0.1, 0.15) is 15.9 Å². The Hall–Kier alpha value is -5.51. The fraction of sp³-hybridized carbons (Fsp3) is 0.0323. The lowest BCUT2D eigenvalue weighted by molar-refractivity contribution is 0.101. The van der Waals surface area contributed by atoms with Crippen molar-refractivity contribution in [2.24, 2.45) is 0 Å². The molecule has 7 nitrogen and oxygen atoms in total. The van der Waals surface area contributed by atoms with Crippen molar-refractivity contribution in [3.8, 4) is 22.5 Å². The highest BCUT2D eigenvalue weighted by molar-refractivity contribution is 6.05. The van der Waals surface area contributed by atoms with Gasteiger partial charge in [0.25, 0.3) is 5.91 Å². The van der Waals surface area contributed by atoms with Crippen molar-refractivity contribution >= 4 is 28.7 Å². The fourth-order valence-corrected chi connectivity index (χ4v) is 4.51. The number of halogens is 3. The largest absolute Gasteiger partial charge is 0.324 e. The van der Waals surface area contributed by atoms with E-state index >= 15 is 0 Å². The predicted molar refractivity (Wildman–Crippen MR) is 150 cm³/mol. The van der Waals surface area contributed by atoms with E-state index in [1.807, 2.05) is 24.3 Å². The number of benzene rings is 3. The van der Waals surface area contributed by atoms with Crippen molar-refractivity contribution in [2.45, 2.75) is 6.92 Å². The second kappa shape index (κ2) is 10.6. The predicted octanol–water partition coefficient (Wildman–Crippen LogP) is 7.18. The zero-order valence-corrected chi connectivity index (χ0v) is 21.6. The lowest BCUT2D eigenvalue weighted by Gasteiger charge is -2.10. The Morgan fingerprint density at radius 1 is 0.878 bits per heavy atom. The minimum absolute atomic E-state index is 0.163. The molecule has 6 rings (SSSR count). The number of carbonyl (C=O) groups is 1. The molecule has 0 fully saturated rings. The molecule has 3 heterocycles. The summed E-state index contributed by atoms with van der Waals surface area (Å²) in [5.74, 6) is -2.89. The number of amides is 1. The Labute approximate surface area is 232 Å². The Kier molecular flexibility index (Phi) is 6.64. The van der Waals surface area contributed by atoms with Gasteiger partial charge in [-0.2, -0.15) is 5.10 Å². The molecule has 10 heteroatoms. The maximum Gasteiger partial charge on any atom is 0.261 e. The molecule has 0 radical (unpaired) electrons. The summed E-state index contributed by atoms with van der Waals surface area (Å²) in [6.07, 6.45) is 3.38. The Morgan fingerprint density at radius 3 is 2.56 bits per heavy atom. The quantitative estimate of drug-likeness (QED) is 0.230. The summed E-state index contributed by atoms with van der Waals surface area (Å²) in [5.41, 5.74) is 3.51. The highest BCUT2D eigenvalue weighted by Gasteiger charge is 2.21. The van der Waals surface area contributed by atoms with Crippen LogP contribution in [0.25, 0.3) is 28.0 Å². The summed E-state index contributed by atoms with van der Waals surface area (Å²) in [6, 6.07) is 22.4. The molecule has 202 valence electrons. The first kappa shape index (κ1) is 25.8. The number of nitrogens with one attached hydrogen (secondary N) is 2. The molecular weight excluding hydrogens is 529 g/mol. The van der Waals surface area contributed by atoms with Gasteiger partial charge in [0.15, 0.2) is 0 Å². The monoisotopic (exact) mass is 550 g/mol. The molecule has 0 aliphatic carbocycles. The normalized spacial score (nSPS) is 11.0. The van der Waals surface area contributed by atoms with Crippen LogP contribution in [0.3, 0.4) is 0 Å². The SMILES string of the molecule is Cc1ccc(F)c(C(=O)Nc2cccc(-c3nn4ccccc4c3-c3ccnc(Nc4cccc(F)c4)n3)c2)c1F. The highest BCUT2D eigenvalue weighted by Crippen LogP contribution is 2.35. The minimum atomic E-state index is -0.948. The first-order chi connectivity index (χ1) is 19.9. The summed E-state index contributed by atoms with van der Waals surface area (Å²) in [6.45, 7) is 1.46. The Balaban J connectivity index is 1.39. The lowest BCUT2D eigenvalue weighted by atomic mass is 10.0. The molecule has 3 aromatic carbocycles. The maximum absolute atomic E-state index is 14.6. The standard InChI is InChI=1S/C31H21F3N6O/c1-18-11-12-23(33)26(28(18)34)30(41)36-21-8-4-6-19(16-21)29-27(25-10-2-3-15-40(25)39-29)24-13-14-35-31(38-24)37-22-9-5-7-20(32)17-22/h2-17H,1H3,(H,36,41)(H,35,37,38). The zero-order valence-electron chi connectivity index (χ0n) is 21.6. The summed E-state index contributed by atoms with van der Waals surface area (Å²) >= 11 is 0. The number of rotatable bonds is 6. The van der Waals surface area contributed by atoms with E-state index in [0.29, 0.717) is 33.9 Å². The van der Waals surface area contributed by atoms with Crippen LogP contribution in [0, 0.1) is 24.4 Å². The summed E-state index contributed by atoms with van der Waals surface area (Å²) in [7, 11) is 0. The van der Waals surface area contributed by atoms with Crippen LogP contribution < -0.4 is 10.6 Å². The van der Waals surface area contributed by atoms with Crippen LogP contribution in [-0.4, -0.2) is 25.5 Å². The third kappa shape index (κ3) is 5.10. The number of nitrogens with zero attached hydrogens (tertiary/aromatic N) is 4. The molecular formula is C31H21F3N6O. The van der Waals surface area contributed by atoms with Crippen LogP contribution >= 0.6 is 0 Å². The molecule has 1 amide bonds. The van der Waals surface area contributed by atoms with Crippen LogP contribution in [0.5, 0.6) is 0 Å². The van der Waals surface area contributed by atoms with Crippen molar-refractivity contribution in [3.63, 3.8) is 0 Å². The molecule has 0 saturated heterocycles. The van der Waals surface area contributed by atoms with Crippen molar-refractivity contribution in [3.05, 3.63) is 126 Å². The lowest BCUT2D eigenvalue weighted by Crippen LogP contribution is -2.16. The van der Waals surface area contributed by atoms with Gasteiger partial charge in [0.2, 0.25) is 5.95 Å². The van der Waals surface area contributed by atoms with E-state index < -0.39 is 28.9 Å². The maximum atomic E-state index is 14.6.